The van der Waals surface area contributed by atoms with E-state index in [-0.39, 0.29) is 22.6 Å². The molecule has 10 heteroatoms. The van der Waals surface area contributed by atoms with Crippen molar-refractivity contribution < 1.29 is 17.9 Å². The molecule has 1 aromatic heterocycles. The van der Waals surface area contributed by atoms with Gasteiger partial charge >= 0.3 is 0 Å². The van der Waals surface area contributed by atoms with E-state index in [1.807, 2.05) is 19.9 Å². The largest absolute Gasteiger partial charge is 0.495 e. The number of nitrogens with zero attached hydrogens (tertiary/aromatic N) is 4. The first-order valence-corrected chi connectivity index (χ1v) is 11.7. The van der Waals surface area contributed by atoms with Crippen molar-refractivity contribution in [2.24, 2.45) is 0 Å². The van der Waals surface area contributed by atoms with Crippen LogP contribution >= 0.6 is 0 Å². The Kier molecular flexibility index (Phi) is 6.80. The predicted molar refractivity (Wildman–Crippen MR) is 118 cm³/mol. The van der Waals surface area contributed by atoms with Crippen LogP contribution in [-0.4, -0.2) is 68.5 Å². The molecule has 1 N–H and O–H groups in total. The maximum absolute atomic E-state index is 13.1. The predicted octanol–water partition coefficient (Wildman–Crippen LogP) is 1.75. The third kappa shape index (κ3) is 5.31. The van der Waals surface area contributed by atoms with Gasteiger partial charge in [-0.3, -0.25) is 4.79 Å². The first kappa shape index (κ1) is 23.0. The number of aromatic nitrogens is 2. The summed E-state index contributed by atoms with van der Waals surface area (Å²) < 4.78 is 33.1. The van der Waals surface area contributed by atoms with Crippen LogP contribution in [0.5, 0.6) is 5.75 Å². The van der Waals surface area contributed by atoms with Crippen molar-refractivity contribution in [3.8, 4) is 5.75 Å². The molecule has 0 unspecified atom stereocenters. The molecule has 2 aromatic rings. The topological polar surface area (TPSA) is 105 Å². The zero-order chi connectivity index (χ0) is 22.8. The highest BCUT2D eigenvalue weighted by Crippen LogP contribution is 2.26. The summed E-state index contributed by atoms with van der Waals surface area (Å²) in [6.07, 6.45) is 0. The third-order valence-corrected chi connectivity index (χ3v) is 6.61. The number of methoxy groups -OCH3 is 1. The lowest BCUT2D eigenvalue weighted by molar-refractivity contribution is 0.0746. The molecule has 1 saturated heterocycles. The number of hydrogen-bond donors (Lipinski definition) is 1. The van der Waals surface area contributed by atoms with Gasteiger partial charge in [0.05, 0.1) is 7.11 Å². The lowest BCUT2D eigenvalue weighted by Crippen LogP contribution is -2.49. The Morgan fingerprint density at radius 3 is 2.35 bits per heavy atom. The minimum Gasteiger partial charge on any atom is -0.495 e. The normalized spacial score (nSPS) is 14.8. The van der Waals surface area contributed by atoms with E-state index in [4.69, 9.17) is 4.74 Å². The van der Waals surface area contributed by atoms with Crippen molar-refractivity contribution in [2.75, 3.05) is 38.2 Å². The Labute approximate surface area is 183 Å². The fourth-order valence-corrected chi connectivity index (χ4v) is 5.02. The molecule has 1 aliphatic rings. The molecule has 1 aromatic carbocycles. The molecule has 2 heterocycles. The zero-order valence-corrected chi connectivity index (χ0v) is 19.4. The van der Waals surface area contributed by atoms with Crippen molar-refractivity contribution in [1.29, 1.82) is 0 Å². The van der Waals surface area contributed by atoms with E-state index in [0.29, 0.717) is 31.7 Å². The van der Waals surface area contributed by atoms with Gasteiger partial charge in [0.2, 0.25) is 10.0 Å². The minimum absolute atomic E-state index is 0.0416. The summed E-state index contributed by atoms with van der Waals surface area (Å²) in [5.41, 5.74) is 1.22. The number of piperazine rings is 1. The molecule has 0 atom stereocenters. The van der Waals surface area contributed by atoms with E-state index in [2.05, 4.69) is 19.6 Å². The van der Waals surface area contributed by atoms with Crippen LogP contribution < -0.4 is 14.4 Å². The molecule has 3 rings (SSSR count). The van der Waals surface area contributed by atoms with Crippen LogP contribution in [0.2, 0.25) is 0 Å². The number of carbonyl (C=O) groups excluding carboxylic acids is 1. The molecule has 0 saturated carbocycles. The summed E-state index contributed by atoms with van der Waals surface area (Å²) >= 11 is 0. The van der Waals surface area contributed by atoms with E-state index in [9.17, 15) is 13.2 Å². The lowest BCUT2D eigenvalue weighted by atomic mass is 10.1. The van der Waals surface area contributed by atoms with E-state index >= 15 is 0 Å². The number of sulfonamides is 1. The van der Waals surface area contributed by atoms with Gasteiger partial charge in [0.25, 0.3) is 5.91 Å². The number of amides is 1. The number of nitrogens with one attached hydrogen (secondary N) is 1. The van der Waals surface area contributed by atoms with Crippen LogP contribution in [0.1, 0.15) is 35.7 Å². The van der Waals surface area contributed by atoms with Crippen LogP contribution in [0, 0.1) is 13.8 Å². The lowest BCUT2D eigenvalue weighted by Gasteiger charge is -2.35. The van der Waals surface area contributed by atoms with Crippen molar-refractivity contribution in [3.05, 3.63) is 41.3 Å². The fraction of sp³-hybridized carbons (Fsp3) is 0.476. The van der Waals surface area contributed by atoms with Crippen LogP contribution in [-0.2, 0) is 10.0 Å². The average molecular weight is 448 g/mol. The third-order valence-electron chi connectivity index (χ3n) is 4.93. The fourth-order valence-electron chi connectivity index (χ4n) is 3.57. The maximum Gasteiger partial charge on any atom is 0.254 e. The molecule has 0 bridgehead atoms. The number of rotatable bonds is 6. The number of carbonyl (C=O) groups is 1. The van der Waals surface area contributed by atoms with E-state index in [1.165, 1.54) is 19.2 Å². The number of hydrogen-bond acceptors (Lipinski definition) is 7. The highest BCUT2D eigenvalue weighted by molar-refractivity contribution is 7.89. The summed E-state index contributed by atoms with van der Waals surface area (Å²) in [5.74, 6) is 1.56. The Morgan fingerprint density at radius 2 is 1.77 bits per heavy atom. The van der Waals surface area contributed by atoms with Gasteiger partial charge in [-0.2, -0.15) is 0 Å². The molecule has 31 heavy (non-hydrogen) atoms. The van der Waals surface area contributed by atoms with Crippen LogP contribution in [0.15, 0.2) is 29.2 Å². The second kappa shape index (κ2) is 9.19. The molecule has 0 spiro atoms. The maximum atomic E-state index is 13.1. The van der Waals surface area contributed by atoms with Gasteiger partial charge in [-0.25, -0.2) is 23.1 Å². The van der Waals surface area contributed by atoms with Crippen molar-refractivity contribution in [1.82, 2.24) is 19.6 Å². The first-order valence-electron chi connectivity index (χ1n) is 10.2. The minimum atomic E-state index is -3.81. The van der Waals surface area contributed by atoms with Crippen molar-refractivity contribution >= 4 is 21.7 Å². The highest BCUT2D eigenvalue weighted by Gasteiger charge is 2.26. The molecule has 9 nitrogen and oxygen atoms in total. The summed E-state index contributed by atoms with van der Waals surface area (Å²) in [6, 6.07) is 6.16. The first-order chi connectivity index (χ1) is 14.6. The SMILES string of the molecule is COc1ccc(C(=O)N2CCN(c3cc(C)nc(C)n3)CC2)cc1S(=O)(=O)NC(C)C. The summed E-state index contributed by atoms with van der Waals surface area (Å²) in [5, 5.41) is 0. The number of anilines is 1. The van der Waals surface area contributed by atoms with Crippen molar-refractivity contribution in [2.45, 2.75) is 38.6 Å². The van der Waals surface area contributed by atoms with E-state index in [1.54, 1.807) is 24.8 Å². The molecular weight excluding hydrogens is 418 g/mol. The second-order valence-corrected chi connectivity index (χ2v) is 9.52. The molecule has 1 aliphatic heterocycles. The smallest absolute Gasteiger partial charge is 0.254 e. The molecule has 0 radical (unpaired) electrons. The molecule has 1 amide bonds. The molecule has 1 fully saturated rings. The number of ether oxygens (including phenoxy) is 1. The van der Waals surface area contributed by atoms with Gasteiger partial charge < -0.3 is 14.5 Å². The Bertz CT molecular complexity index is 1040. The number of aryl methyl sites for hydroxylation is 2. The summed E-state index contributed by atoms with van der Waals surface area (Å²) in [7, 11) is -2.41. The Balaban J connectivity index is 1.77. The molecule has 0 aliphatic carbocycles. The van der Waals surface area contributed by atoms with Crippen LogP contribution in [0.3, 0.4) is 0 Å². The van der Waals surface area contributed by atoms with Gasteiger partial charge in [0.15, 0.2) is 0 Å². The molecular formula is C21H29N5O4S. The van der Waals surface area contributed by atoms with Gasteiger partial charge in [0.1, 0.15) is 22.3 Å². The second-order valence-electron chi connectivity index (χ2n) is 7.84. The van der Waals surface area contributed by atoms with E-state index in [0.717, 1.165) is 17.3 Å². The average Bonchev–Trinajstić information content (AvgIpc) is 2.71. The molecule has 168 valence electrons. The van der Waals surface area contributed by atoms with Crippen LogP contribution in [0.4, 0.5) is 5.82 Å². The standard InChI is InChI=1S/C21H29N5O4S/c1-14(2)24-31(28,29)19-13-17(6-7-18(19)30-5)21(27)26-10-8-25(9-11-26)20-12-15(3)22-16(4)23-20/h6-7,12-14,24H,8-11H2,1-5H3. The summed E-state index contributed by atoms with van der Waals surface area (Å²) in [6.45, 7) is 9.56. The Morgan fingerprint density at radius 1 is 1.10 bits per heavy atom. The van der Waals surface area contributed by atoms with Gasteiger partial charge in [-0.05, 0) is 45.9 Å². The number of benzene rings is 1. The van der Waals surface area contributed by atoms with Gasteiger partial charge in [-0.1, -0.05) is 0 Å². The zero-order valence-electron chi connectivity index (χ0n) is 18.5. The van der Waals surface area contributed by atoms with Crippen molar-refractivity contribution in [3.63, 3.8) is 0 Å². The Hall–Kier alpha value is -2.72. The van der Waals surface area contributed by atoms with Gasteiger partial charge in [0, 0.05) is 49.5 Å². The summed E-state index contributed by atoms with van der Waals surface area (Å²) in [4.78, 5) is 25.7. The monoisotopic (exact) mass is 447 g/mol. The van der Waals surface area contributed by atoms with Gasteiger partial charge in [-0.15, -0.1) is 0 Å². The van der Waals surface area contributed by atoms with Crippen LogP contribution in [0.25, 0.3) is 0 Å². The quantitative estimate of drug-likeness (QED) is 0.719. The van der Waals surface area contributed by atoms with E-state index < -0.39 is 10.0 Å². The highest BCUT2D eigenvalue weighted by atomic mass is 32.2.